The van der Waals surface area contributed by atoms with Crippen LogP contribution in [0.2, 0.25) is 0 Å². The van der Waals surface area contributed by atoms with Crippen LogP contribution in [0, 0.1) is 13.8 Å². The number of hydrogen-bond acceptors (Lipinski definition) is 9. The molecule has 1 saturated heterocycles. The summed E-state index contributed by atoms with van der Waals surface area (Å²) in [4.78, 5) is 10.2. The number of piperazine rings is 1. The van der Waals surface area contributed by atoms with Crippen molar-refractivity contribution in [1.82, 2.24) is 24.6 Å². The number of benzene rings is 1. The Morgan fingerprint density at radius 2 is 1.90 bits per heavy atom. The smallest absolute Gasteiger partial charge is 0.252 e. The second-order valence-corrected chi connectivity index (χ2v) is 13.7. The number of aromatic nitrogens is 1. The third-order valence-electron chi connectivity index (χ3n) is 7.17. The number of fused-ring (bicyclic) bond motifs is 1. The van der Waals surface area contributed by atoms with Gasteiger partial charge in [-0.1, -0.05) is 17.3 Å². The van der Waals surface area contributed by atoms with Gasteiger partial charge in [-0.2, -0.15) is 4.31 Å². The summed E-state index contributed by atoms with van der Waals surface area (Å²) in [6, 6.07) is 9.87. The van der Waals surface area contributed by atoms with E-state index in [1.54, 1.807) is 16.4 Å². The highest BCUT2D eigenvalue weighted by Gasteiger charge is 2.31. The molecule has 10 nitrogen and oxygen atoms in total. The molecule has 0 radical (unpaired) electrons. The van der Waals surface area contributed by atoms with Crippen molar-refractivity contribution in [2.24, 2.45) is 4.99 Å². The van der Waals surface area contributed by atoms with Crippen LogP contribution in [0.4, 0.5) is 5.69 Å². The van der Waals surface area contributed by atoms with Gasteiger partial charge in [-0.25, -0.2) is 8.42 Å². The van der Waals surface area contributed by atoms with Crippen LogP contribution in [0.1, 0.15) is 29.3 Å². The largest absolute Gasteiger partial charge is 0.367 e. The molecule has 0 amide bonds. The van der Waals surface area contributed by atoms with E-state index in [0.717, 1.165) is 46.3 Å². The summed E-state index contributed by atoms with van der Waals surface area (Å²) in [6.45, 7) is 10.5. The van der Waals surface area contributed by atoms with Gasteiger partial charge in [-0.15, -0.1) is 11.3 Å². The van der Waals surface area contributed by atoms with Gasteiger partial charge >= 0.3 is 0 Å². The Labute approximate surface area is 234 Å². The standard InChI is InChI=1S/C27H37N7O3S2/c1-18(30-27-22-8-6-7-21(16-32(4)5)25(22)28-17-29-27)15-33-11-13-34(14-12-33)39(35,36)24-10-9-23(38-24)26-19(2)20(3)31-37-26/h6-10,18,28H,11-17H2,1-5H3,(H,29,30)/t18-/m0/s1. The van der Waals surface area contributed by atoms with Crippen molar-refractivity contribution < 1.29 is 12.9 Å². The van der Waals surface area contributed by atoms with Crippen molar-refractivity contribution in [3.63, 3.8) is 0 Å². The minimum atomic E-state index is -3.56. The van der Waals surface area contributed by atoms with E-state index in [4.69, 9.17) is 9.52 Å². The monoisotopic (exact) mass is 571 g/mol. The van der Waals surface area contributed by atoms with Gasteiger partial charge in [0.2, 0.25) is 0 Å². The zero-order valence-corrected chi connectivity index (χ0v) is 24.8. The van der Waals surface area contributed by atoms with E-state index in [0.29, 0.717) is 42.8 Å². The van der Waals surface area contributed by atoms with Crippen LogP contribution in [0.5, 0.6) is 0 Å². The Kier molecular flexibility index (Phi) is 8.11. The first kappa shape index (κ1) is 27.8. The molecular weight excluding hydrogens is 534 g/mol. The van der Waals surface area contributed by atoms with Crippen LogP contribution in [0.15, 0.2) is 44.1 Å². The second kappa shape index (κ2) is 11.4. The second-order valence-electron chi connectivity index (χ2n) is 10.5. The maximum Gasteiger partial charge on any atom is 0.252 e. The van der Waals surface area contributed by atoms with Crippen molar-refractivity contribution in [1.29, 1.82) is 0 Å². The molecule has 1 aromatic carbocycles. The van der Waals surface area contributed by atoms with E-state index >= 15 is 0 Å². The molecule has 0 bridgehead atoms. The number of rotatable bonds is 8. The number of amidine groups is 1. The van der Waals surface area contributed by atoms with Crippen molar-refractivity contribution in [2.75, 3.05) is 58.8 Å². The summed E-state index contributed by atoms with van der Waals surface area (Å²) in [5.74, 6) is 1.54. The number of hydrogen-bond donors (Lipinski definition) is 2. The normalized spacial score (nSPS) is 18.7. The lowest BCUT2D eigenvalue weighted by molar-refractivity contribution is 0.182. The van der Waals surface area contributed by atoms with Crippen LogP contribution < -0.4 is 10.6 Å². The van der Waals surface area contributed by atoms with Gasteiger partial charge in [0.25, 0.3) is 10.0 Å². The van der Waals surface area contributed by atoms with Gasteiger partial charge in [-0.3, -0.25) is 9.89 Å². The van der Waals surface area contributed by atoms with Crippen LogP contribution in [0.25, 0.3) is 10.6 Å². The summed E-state index contributed by atoms with van der Waals surface area (Å²) < 4.78 is 34.1. The van der Waals surface area contributed by atoms with E-state index in [1.165, 1.54) is 16.9 Å². The Morgan fingerprint density at radius 3 is 2.59 bits per heavy atom. The van der Waals surface area contributed by atoms with Crippen LogP contribution in [-0.2, 0) is 16.6 Å². The van der Waals surface area contributed by atoms with E-state index < -0.39 is 10.0 Å². The fourth-order valence-electron chi connectivity index (χ4n) is 5.05. The molecule has 2 aliphatic rings. The van der Waals surface area contributed by atoms with Crippen molar-refractivity contribution in [2.45, 2.75) is 37.6 Å². The molecule has 0 saturated carbocycles. The molecular formula is C27H37N7O3S2. The molecule has 0 unspecified atom stereocenters. The lowest BCUT2D eigenvalue weighted by Gasteiger charge is -2.34. The number of nitrogens with zero attached hydrogens (tertiary/aromatic N) is 5. The number of thiophene rings is 1. The van der Waals surface area contributed by atoms with E-state index in [1.807, 2.05) is 13.8 Å². The average Bonchev–Trinajstić information content (AvgIpc) is 3.52. The third-order valence-corrected chi connectivity index (χ3v) is 10.6. The van der Waals surface area contributed by atoms with Crippen molar-refractivity contribution in [3.8, 4) is 10.6 Å². The Hall–Kier alpha value is -2.77. The molecule has 39 heavy (non-hydrogen) atoms. The first-order valence-electron chi connectivity index (χ1n) is 13.2. The predicted octanol–water partition coefficient (Wildman–Crippen LogP) is 3.20. The number of aliphatic imine (C=N–C) groups is 1. The van der Waals surface area contributed by atoms with Gasteiger partial charge in [0, 0.05) is 50.4 Å². The van der Waals surface area contributed by atoms with Crippen molar-refractivity contribution >= 4 is 32.9 Å². The van der Waals surface area contributed by atoms with Crippen molar-refractivity contribution in [3.05, 3.63) is 52.7 Å². The van der Waals surface area contributed by atoms with Gasteiger partial charge < -0.3 is 20.1 Å². The highest BCUT2D eigenvalue weighted by Crippen LogP contribution is 2.35. The zero-order chi connectivity index (χ0) is 27.7. The van der Waals surface area contributed by atoms with Gasteiger partial charge in [0.15, 0.2) is 5.76 Å². The first-order chi connectivity index (χ1) is 18.6. The summed E-state index contributed by atoms with van der Waals surface area (Å²) >= 11 is 1.23. The van der Waals surface area contributed by atoms with Crippen LogP contribution >= 0.6 is 11.3 Å². The lowest BCUT2D eigenvalue weighted by atomic mass is 10.0. The van der Waals surface area contributed by atoms with Crippen LogP contribution in [0.3, 0.4) is 0 Å². The molecule has 1 fully saturated rings. The fraction of sp³-hybridized carbons (Fsp3) is 0.481. The average molecular weight is 572 g/mol. The van der Waals surface area contributed by atoms with Gasteiger partial charge in [0.1, 0.15) is 10.0 Å². The quantitative estimate of drug-likeness (QED) is 0.425. The molecule has 3 aromatic rings. The molecule has 0 spiro atoms. The Bertz CT molecular complexity index is 1450. The molecule has 0 aliphatic carbocycles. The SMILES string of the molecule is Cc1noc(-c2ccc(S(=O)(=O)N3CCN(C[C@H](C)N=C4NCNc5c(CN(C)C)cccc54)CC3)s2)c1C. The molecule has 1 atom stereocenters. The summed E-state index contributed by atoms with van der Waals surface area (Å²) in [6.07, 6.45) is 0. The van der Waals surface area contributed by atoms with Gasteiger partial charge in [-0.05, 0) is 58.6 Å². The summed E-state index contributed by atoms with van der Waals surface area (Å²) in [5.41, 5.74) is 5.23. The Balaban J connectivity index is 1.21. The number of para-hydroxylation sites is 1. The van der Waals surface area contributed by atoms with E-state index in [9.17, 15) is 8.42 Å². The molecule has 2 N–H and O–H groups in total. The molecule has 210 valence electrons. The highest BCUT2D eigenvalue weighted by molar-refractivity contribution is 7.91. The Morgan fingerprint density at radius 1 is 1.13 bits per heavy atom. The van der Waals surface area contributed by atoms with Crippen LogP contribution in [-0.4, -0.2) is 93.0 Å². The number of anilines is 1. The number of nitrogens with one attached hydrogen (secondary N) is 2. The number of aryl methyl sites for hydroxylation is 1. The topological polar surface area (TPSA) is 106 Å². The highest BCUT2D eigenvalue weighted by atomic mass is 32.2. The van der Waals surface area contributed by atoms with E-state index in [-0.39, 0.29) is 6.04 Å². The predicted molar refractivity (Wildman–Crippen MR) is 156 cm³/mol. The minimum Gasteiger partial charge on any atom is -0.367 e. The first-order valence-corrected chi connectivity index (χ1v) is 15.5. The third kappa shape index (κ3) is 5.90. The molecule has 12 heteroatoms. The molecule has 2 aromatic heterocycles. The number of sulfonamides is 1. The molecule has 4 heterocycles. The molecule has 2 aliphatic heterocycles. The lowest BCUT2D eigenvalue weighted by Crippen LogP contribution is -2.50. The van der Waals surface area contributed by atoms with E-state index in [2.05, 4.69) is 64.8 Å². The molecule has 5 rings (SSSR count). The zero-order valence-electron chi connectivity index (χ0n) is 23.2. The maximum atomic E-state index is 13.4. The fourth-order valence-corrected chi connectivity index (χ4v) is 7.96. The summed E-state index contributed by atoms with van der Waals surface area (Å²) in [7, 11) is 0.579. The summed E-state index contributed by atoms with van der Waals surface area (Å²) in [5, 5.41) is 10.9. The van der Waals surface area contributed by atoms with Gasteiger partial charge in [0.05, 0.1) is 29.0 Å². The maximum absolute atomic E-state index is 13.4. The minimum absolute atomic E-state index is 0.0626.